The molecule has 1 atom stereocenters. The van der Waals surface area contributed by atoms with Crippen LogP contribution in [0, 0.1) is 5.92 Å². The van der Waals surface area contributed by atoms with Gasteiger partial charge in [-0.05, 0) is 48.4 Å². The number of aromatic nitrogens is 3. The molecule has 2 amide bonds. The fourth-order valence-electron chi connectivity index (χ4n) is 3.08. The van der Waals surface area contributed by atoms with Crippen LogP contribution in [0.5, 0.6) is 0 Å². The van der Waals surface area contributed by atoms with E-state index >= 15 is 0 Å². The van der Waals surface area contributed by atoms with Crippen molar-refractivity contribution in [2.45, 2.75) is 19.9 Å². The number of hydrogen-bond donors (Lipinski definition) is 2. The van der Waals surface area contributed by atoms with Gasteiger partial charge < -0.3 is 15.2 Å². The Morgan fingerprint density at radius 2 is 1.90 bits per heavy atom. The van der Waals surface area contributed by atoms with Gasteiger partial charge in [-0.15, -0.1) is 0 Å². The Hall–Kier alpha value is -3.23. The average Bonchev–Trinajstić information content (AvgIpc) is 3.42. The Kier molecular flexibility index (Phi) is 6.01. The van der Waals surface area contributed by atoms with E-state index in [0.717, 1.165) is 15.3 Å². The first-order valence-corrected chi connectivity index (χ1v) is 10.9. The Bertz CT molecular complexity index is 1240. The number of pyridine rings is 1. The van der Waals surface area contributed by atoms with E-state index in [1.54, 1.807) is 24.3 Å². The van der Waals surface area contributed by atoms with Crippen LogP contribution in [0.2, 0.25) is 5.15 Å². The standard InChI is InChI=1S/C22H20ClN5O2S/c1-13(2)18(21(30)25-16-6-5-9-24-19(16)23)27-20(29)14-7-8-15-17(12-14)31-22(26-15)28-10-3-4-11-28/h3-13,18H,1-2H3,(H,25,30)(H,27,29)/t18-/m0/s1. The zero-order chi connectivity index (χ0) is 22.0. The fraction of sp³-hybridized carbons (Fsp3) is 0.182. The van der Waals surface area contributed by atoms with Crippen LogP contribution in [0.4, 0.5) is 5.69 Å². The lowest BCUT2D eigenvalue weighted by atomic mass is 10.0. The first kappa shape index (κ1) is 21.0. The zero-order valence-corrected chi connectivity index (χ0v) is 18.4. The molecule has 3 heterocycles. The third-order valence-corrected chi connectivity index (χ3v) is 6.05. The number of benzene rings is 1. The number of carbonyl (C=O) groups is 2. The van der Waals surface area contributed by atoms with E-state index in [1.807, 2.05) is 49.0 Å². The summed E-state index contributed by atoms with van der Waals surface area (Å²) in [6.07, 6.45) is 5.38. The summed E-state index contributed by atoms with van der Waals surface area (Å²) in [6, 6.07) is 11.8. The molecule has 9 heteroatoms. The van der Waals surface area contributed by atoms with Crippen molar-refractivity contribution in [3.05, 3.63) is 71.8 Å². The van der Waals surface area contributed by atoms with Crippen molar-refractivity contribution in [3.8, 4) is 5.13 Å². The van der Waals surface area contributed by atoms with Crippen molar-refractivity contribution in [1.82, 2.24) is 19.9 Å². The minimum atomic E-state index is -0.739. The van der Waals surface area contributed by atoms with Crippen LogP contribution in [-0.2, 0) is 4.79 Å². The number of rotatable bonds is 6. The zero-order valence-electron chi connectivity index (χ0n) is 16.9. The van der Waals surface area contributed by atoms with E-state index in [2.05, 4.69) is 20.6 Å². The SMILES string of the molecule is CC(C)[C@H](NC(=O)c1ccc2nc(-n3cccc3)sc2c1)C(=O)Nc1cccnc1Cl. The molecule has 0 saturated heterocycles. The molecular formula is C22H20ClN5O2S. The number of hydrogen-bond acceptors (Lipinski definition) is 5. The molecule has 4 aromatic rings. The quantitative estimate of drug-likeness (QED) is 0.420. The highest BCUT2D eigenvalue weighted by Crippen LogP contribution is 2.26. The molecule has 0 aliphatic rings. The Morgan fingerprint density at radius 1 is 1.13 bits per heavy atom. The number of fused-ring (bicyclic) bond motifs is 1. The number of nitrogens with zero attached hydrogens (tertiary/aromatic N) is 3. The van der Waals surface area contributed by atoms with Crippen LogP contribution in [0.3, 0.4) is 0 Å². The predicted octanol–water partition coefficient (Wildman–Crippen LogP) is 4.53. The first-order chi connectivity index (χ1) is 14.9. The van der Waals surface area contributed by atoms with Crippen LogP contribution in [0.15, 0.2) is 61.1 Å². The van der Waals surface area contributed by atoms with Crippen molar-refractivity contribution < 1.29 is 9.59 Å². The molecule has 0 aliphatic heterocycles. The van der Waals surface area contributed by atoms with Crippen molar-refractivity contribution >= 4 is 50.7 Å². The smallest absolute Gasteiger partial charge is 0.251 e. The minimum Gasteiger partial charge on any atom is -0.340 e. The van der Waals surface area contributed by atoms with Gasteiger partial charge in [-0.2, -0.15) is 0 Å². The first-order valence-electron chi connectivity index (χ1n) is 9.68. The summed E-state index contributed by atoms with van der Waals surface area (Å²) in [5.41, 5.74) is 1.68. The number of halogens is 1. The van der Waals surface area contributed by atoms with Crippen LogP contribution in [-0.4, -0.2) is 32.4 Å². The summed E-state index contributed by atoms with van der Waals surface area (Å²) in [4.78, 5) is 34.3. The van der Waals surface area contributed by atoms with E-state index in [-0.39, 0.29) is 22.9 Å². The van der Waals surface area contributed by atoms with Gasteiger partial charge in [-0.1, -0.05) is 36.8 Å². The van der Waals surface area contributed by atoms with Gasteiger partial charge in [0.1, 0.15) is 6.04 Å². The van der Waals surface area contributed by atoms with E-state index in [9.17, 15) is 9.59 Å². The highest BCUT2D eigenvalue weighted by molar-refractivity contribution is 7.20. The molecule has 3 aromatic heterocycles. The lowest BCUT2D eigenvalue weighted by molar-refractivity contribution is -0.118. The van der Waals surface area contributed by atoms with Crippen LogP contribution < -0.4 is 10.6 Å². The summed E-state index contributed by atoms with van der Waals surface area (Å²) in [5.74, 6) is -0.817. The molecule has 0 radical (unpaired) electrons. The van der Waals surface area contributed by atoms with Crippen LogP contribution in [0.1, 0.15) is 24.2 Å². The van der Waals surface area contributed by atoms with Crippen molar-refractivity contribution in [3.63, 3.8) is 0 Å². The normalized spacial score (nSPS) is 12.1. The lowest BCUT2D eigenvalue weighted by Crippen LogP contribution is -2.47. The molecule has 1 aromatic carbocycles. The third-order valence-electron chi connectivity index (χ3n) is 4.72. The highest BCUT2D eigenvalue weighted by atomic mass is 35.5. The summed E-state index contributed by atoms with van der Waals surface area (Å²) in [7, 11) is 0. The molecule has 7 nitrogen and oxygen atoms in total. The van der Waals surface area contributed by atoms with Gasteiger partial charge in [0.25, 0.3) is 5.91 Å². The lowest BCUT2D eigenvalue weighted by Gasteiger charge is -2.22. The number of nitrogens with one attached hydrogen (secondary N) is 2. The van der Waals surface area contributed by atoms with Gasteiger partial charge in [-0.3, -0.25) is 9.59 Å². The second-order valence-electron chi connectivity index (χ2n) is 7.30. The molecule has 4 rings (SSSR count). The minimum absolute atomic E-state index is 0.133. The second-order valence-corrected chi connectivity index (χ2v) is 8.66. The Balaban J connectivity index is 1.52. The molecule has 2 N–H and O–H groups in total. The highest BCUT2D eigenvalue weighted by Gasteiger charge is 2.25. The maximum absolute atomic E-state index is 12.9. The molecule has 0 bridgehead atoms. The molecule has 0 aliphatic carbocycles. The molecule has 0 fully saturated rings. The molecule has 0 spiro atoms. The Labute approximate surface area is 188 Å². The maximum Gasteiger partial charge on any atom is 0.251 e. The van der Waals surface area contributed by atoms with Gasteiger partial charge in [0.05, 0.1) is 15.9 Å². The van der Waals surface area contributed by atoms with Gasteiger partial charge in [0, 0.05) is 24.2 Å². The largest absolute Gasteiger partial charge is 0.340 e. The van der Waals surface area contributed by atoms with E-state index in [0.29, 0.717) is 11.3 Å². The Morgan fingerprint density at radius 3 is 2.61 bits per heavy atom. The van der Waals surface area contributed by atoms with Crippen molar-refractivity contribution in [1.29, 1.82) is 0 Å². The molecule has 0 unspecified atom stereocenters. The topological polar surface area (TPSA) is 88.9 Å². The summed E-state index contributed by atoms with van der Waals surface area (Å²) in [6.45, 7) is 3.73. The summed E-state index contributed by atoms with van der Waals surface area (Å²) < 4.78 is 2.82. The van der Waals surface area contributed by atoms with Crippen molar-refractivity contribution in [2.75, 3.05) is 5.32 Å². The maximum atomic E-state index is 12.9. The monoisotopic (exact) mass is 453 g/mol. The number of thiazole rings is 1. The van der Waals surface area contributed by atoms with Crippen LogP contribution in [0.25, 0.3) is 15.3 Å². The summed E-state index contributed by atoms with van der Waals surface area (Å²) in [5, 5.41) is 6.59. The van der Waals surface area contributed by atoms with E-state index in [1.165, 1.54) is 17.5 Å². The third kappa shape index (κ3) is 4.60. The van der Waals surface area contributed by atoms with Gasteiger partial charge in [-0.25, -0.2) is 9.97 Å². The molecule has 0 saturated carbocycles. The molecular weight excluding hydrogens is 434 g/mol. The number of anilines is 1. The van der Waals surface area contributed by atoms with Gasteiger partial charge in [0.15, 0.2) is 10.3 Å². The van der Waals surface area contributed by atoms with E-state index in [4.69, 9.17) is 11.6 Å². The van der Waals surface area contributed by atoms with E-state index < -0.39 is 6.04 Å². The predicted molar refractivity (Wildman–Crippen MR) is 123 cm³/mol. The van der Waals surface area contributed by atoms with Crippen LogP contribution >= 0.6 is 22.9 Å². The number of amides is 2. The summed E-state index contributed by atoms with van der Waals surface area (Å²) >= 11 is 7.52. The average molecular weight is 454 g/mol. The molecule has 31 heavy (non-hydrogen) atoms. The molecule has 158 valence electrons. The fourth-order valence-corrected chi connectivity index (χ4v) is 4.21. The van der Waals surface area contributed by atoms with Gasteiger partial charge >= 0.3 is 0 Å². The second kappa shape index (κ2) is 8.87. The van der Waals surface area contributed by atoms with Gasteiger partial charge in [0.2, 0.25) is 5.91 Å². The van der Waals surface area contributed by atoms with Crippen molar-refractivity contribution in [2.24, 2.45) is 5.92 Å². The number of carbonyl (C=O) groups excluding carboxylic acids is 2.